The normalized spacial score (nSPS) is 10.9. The Labute approximate surface area is 118 Å². The van der Waals surface area contributed by atoms with Crippen LogP contribution in [0.2, 0.25) is 0 Å². The number of hydrogen-bond donors (Lipinski definition) is 3. The van der Waals surface area contributed by atoms with E-state index in [1.54, 1.807) is 0 Å². The Morgan fingerprint density at radius 3 is 2.60 bits per heavy atom. The number of H-pyrrole nitrogens is 1. The summed E-state index contributed by atoms with van der Waals surface area (Å²) in [7, 11) is 0. The van der Waals surface area contributed by atoms with Gasteiger partial charge in [0.15, 0.2) is 0 Å². The smallest absolute Gasteiger partial charge is 0.205 e. The van der Waals surface area contributed by atoms with Gasteiger partial charge >= 0.3 is 0 Å². The van der Waals surface area contributed by atoms with Crippen LogP contribution in [0.5, 0.6) is 0 Å². The van der Waals surface area contributed by atoms with Crippen LogP contribution >= 0.6 is 0 Å². The van der Waals surface area contributed by atoms with Crippen molar-refractivity contribution in [1.82, 2.24) is 9.97 Å². The minimum absolute atomic E-state index is 0.559. The van der Waals surface area contributed by atoms with Gasteiger partial charge in [-0.2, -0.15) is 0 Å². The quantitative estimate of drug-likeness (QED) is 0.680. The standard InChI is InChI=1S/C16H18N4/c1-10-7-11(2)15-14(8-10)19-16(20-15)18-13-5-3-12(9-17)4-6-13/h3-8H,9,17H2,1-2H3,(H2,18,19,20). The highest BCUT2D eigenvalue weighted by Gasteiger charge is 2.06. The third-order valence-electron chi connectivity index (χ3n) is 3.37. The highest BCUT2D eigenvalue weighted by atomic mass is 15.1. The zero-order valence-electron chi connectivity index (χ0n) is 11.7. The summed E-state index contributed by atoms with van der Waals surface area (Å²) in [4.78, 5) is 7.91. The minimum Gasteiger partial charge on any atom is -0.326 e. The monoisotopic (exact) mass is 266 g/mol. The number of imidazole rings is 1. The number of anilines is 2. The molecule has 4 heteroatoms. The number of benzene rings is 2. The molecule has 0 fully saturated rings. The lowest BCUT2D eigenvalue weighted by molar-refractivity contribution is 1.07. The fourth-order valence-corrected chi connectivity index (χ4v) is 2.39. The number of fused-ring (bicyclic) bond motifs is 1. The number of nitrogens with two attached hydrogens (primary N) is 1. The average Bonchev–Trinajstić information content (AvgIpc) is 2.82. The SMILES string of the molecule is Cc1cc(C)c2nc(Nc3ccc(CN)cc3)[nH]c2c1. The summed E-state index contributed by atoms with van der Waals surface area (Å²) < 4.78 is 0. The Morgan fingerprint density at radius 2 is 1.90 bits per heavy atom. The lowest BCUT2D eigenvalue weighted by atomic mass is 10.1. The molecule has 20 heavy (non-hydrogen) atoms. The number of nitrogens with one attached hydrogen (secondary N) is 2. The van der Waals surface area contributed by atoms with Gasteiger partial charge in [0, 0.05) is 12.2 Å². The van der Waals surface area contributed by atoms with Crippen LogP contribution in [0.4, 0.5) is 11.6 Å². The predicted octanol–water partition coefficient (Wildman–Crippen LogP) is 3.38. The molecule has 0 radical (unpaired) electrons. The predicted molar refractivity (Wildman–Crippen MR) is 83.2 cm³/mol. The topological polar surface area (TPSA) is 66.7 Å². The first-order valence-electron chi connectivity index (χ1n) is 6.69. The first-order valence-corrected chi connectivity index (χ1v) is 6.69. The summed E-state index contributed by atoms with van der Waals surface area (Å²) in [6, 6.07) is 12.3. The van der Waals surface area contributed by atoms with Gasteiger partial charge in [-0.05, 0) is 48.7 Å². The molecule has 102 valence electrons. The maximum atomic E-state index is 5.60. The molecule has 3 aromatic rings. The Bertz CT molecular complexity index is 741. The molecular weight excluding hydrogens is 248 g/mol. The van der Waals surface area contributed by atoms with E-state index in [1.807, 2.05) is 24.3 Å². The van der Waals surface area contributed by atoms with Gasteiger partial charge in [0.1, 0.15) is 0 Å². The van der Waals surface area contributed by atoms with Crippen LogP contribution in [0.15, 0.2) is 36.4 Å². The lowest BCUT2D eigenvalue weighted by Crippen LogP contribution is -1.97. The van der Waals surface area contributed by atoms with Gasteiger partial charge in [-0.15, -0.1) is 0 Å². The van der Waals surface area contributed by atoms with E-state index < -0.39 is 0 Å². The largest absolute Gasteiger partial charge is 0.326 e. The van der Waals surface area contributed by atoms with Gasteiger partial charge in [-0.25, -0.2) is 4.98 Å². The van der Waals surface area contributed by atoms with Crippen molar-refractivity contribution in [3.63, 3.8) is 0 Å². The van der Waals surface area contributed by atoms with Crippen LogP contribution in [0.3, 0.4) is 0 Å². The molecule has 0 saturated heterocycles. The molecule has 2 aromatic carbocycles. The van der Waals surface area contributed by atoms with E-state index in [-0.39, 0.29) is 0 Å². The number of aromatic nitrogens is 2. The molecule has 0 amide bonds. The van der Waals surface area contributed by atoms with Crippen molar-refractivity contribution >= 4 is 22.7 Å². The lowest BCUT2D eigenvalue weighted by Gasteiger charge is -2.03. The summed E-state index contributed by atoms with van der Waals surface area (Å²) in [6.45, 7) is 4.73. The van der Waals surface area contributed by atoms with E-state index in [0.29, 0.717) is 6.54 Å². The molecule has 0 aliphatic carbocycles. The first-order chi connectivity index (χ1) is 9.65. The molecule has 3 rings (SSSR count). The van der Waals surface area contributed by atoms with Gasteiger partial charge in [0.2, 0.25) is 5.95 Å². The van der Waals surface area contributed by atoms with Crippen molar-refractivity contribution < 1.29 is 0 Å². The van der Waals surface area contributed by atoms with Crippen molar-refractivity contribution in [3.05, 3.63) is 53.1 Å². The van der Waals surface area contributed by atoms with E-state index in [1.165, 1.54) is 11.1 Å². The molecule has 1 aromatic heterocycles. The zero-order valence-corrected chi connectivity index (χ0v) is 11.7. The summed E-state index contributed by atoms with van der Waals surface area (Å²) in [5.41, 5.74) is 12.2. The summed E-state index contributed by atoms with van der Waals surface area (Å²) in [5.74, 6) is 0.759. The molecule has 4 nitrogen and oxygen atoms in total. The van der Waals surface area contributed by atoms with Gasteiger partial charge < -0.3 is 16.0 Å². The maximum absolute atomic E-state index is 5.60. The minimum atomic E-state index is 0.559. The maximum Gasteiger partial charge on any atom is 0.205 e. The molecule has 0 saturated carbocycles. The molecular formula is C16H18N4. The first kappa shape index (κ1) is 12.7. The number of hydrogen-bond acceptors (Lipinski definition) is 3. The van der Waals surface area contributed by atoms with E-state index in [9.17, 15) is 0 Å². The van der Waals surface area contributed by atoms with Gasteiger partial charge in [0.05, 0.1) is 11.0 Å². The van der Waals surface area contributed by atoms with Crippen LogP contribution in [0, 0.1) is 13.8 Å². The Kier molecular flexibility index (Phi) is 3.16. The van der Waals surface area contributed by atoms with Gasteiger partial charge in [-0.1, -0.05) is 18.2 Å². The molecule has 0 aliphatic rings. The number of aryl methyl sites for hydroxylation is 2. The highest BCUT2D eigenvalue weighted by Crippen LogP contribution is 2.22. The van der Waals surface area contributed by atoms with Gasteiger partial charge in [-0.3, -0.25) is 0 Å². The Morgan fingerprint density at radius 1 is 1.15 bits per heavy atom. The second kappa shape index (κ2) is 4.98. The zero-order chi connectivity index (χ0) is 14.1. The van der Waals surface area contributed by atoms with Crippen LogP contribution in [0.1, 0.15) is 16.7 Å². The molecule has 0 bridgehead atoms. The van der Waals surface area contributed by atoms with Crippen molar-refractivity contribution in [2.75, 3.05) is 5.32 Å². The molecule has 0 atom stereocenters. The second-order valence-corrected chi connectivity index (χ2v) is 5.09. The molecule has 0 unspecified atom stereocenters. The third kappa shape index (κ3) is 2.38. The summed E-state index contributed by atoms with van der Waals surface area (Å²) in [5, 5.41) is 3.28. The molecule has 0 spiro atoms. The second-order valence-electron chi connectivity index (χ2n) is 5.09. The van der Waals surface area contributed by atoms with Crippen LogP contribution in [-0.2, 0) is 6.54 Å². The van der Waals surface area contributed by atoms with Crippen molar-refractivity contribution in [2.24, 2.45) is 5.73 Å². The number of aromatic amines is 1. The summed E-state index contributed by atoms with van der Waals surface area (Å²) >= 11 is 0. The Hall–Kier alpha value is -2.33. The van der Waals surface area contributed by atoms with Gasteiger partial charge in [0.25, 0.3) is 0 Å². The molecule has 1 heterocycles. The van der Waals surface area contributed by atoms with Crippen molar-refractivity contribution in [1.29, 1.82) is 0 Å². The molecule has 0 aliphatic heterocycles. The van der Waals surface area contributed by atoms with E-state index in [0.717, 1.165) is 28.2 Å². The van der Waals surface area contributed by atoms with Crippen molar-refractivity contribution in [3.8, 4) is 0 Å². The van der Waals surface area contributed by atoms with E-state index in [2.05, 4.69) is 41.3 Å². The van der Waals surface area contributed by atoms with Crippen LogP contribution < -0.4 is 11.1 Å². The van der Waals surface area contributed by atoms with Crippen LogP contribution in [-0.4, -0.2) is 9.97 Å². The molecule has 4 N–H and O–H groups in total. The van der Waals surface area contributed by atoms with Crippen LogP contribution in [0.25, 0.3) is 11.0 Å². The number of nitrogens with zero attached hydrogens (tertiary/aromatic N) is 1. The fraction of sp³-hybridized carbons (Fsp3) is 0.188. The average molecular weight is 266 g/mol. The summed E-state index contributed by atoms with van der Waals surface area (Å²) in [6.07, 6.45) is 0. The number of rotatable bonds is 3. The Balaban J connectivity index is 1.92. The van der Waals surface area contributed by atoms with E-state index in [4.69, 9.17) is 5.73 Å². The fourth-order valence-electron chi connectivity index (χ4n) is 2.39. The highest BCUT2D eigenvalue weighted by molar-refractivity contribution is 5.82. The van der Waals surface area contributed by atoms with Crippen molar-refractivity contribution in [2.45, 2.75) is 20.4 Å². The van der Waals surface area contributed by atoms with E-state index >= 15 is 0 Å². The third-order valence-corrected chi connectivity index (χ3v) is 3.37.